The molecule has 34 heavy (non-hydrogen) atoms. The molecule has 4 heterocycles. The van der Waals surface area contributed by atoms with Crippen molar-refractivity contribution in [3.8, 4) is 17.2 Å². The zero-order valence-corrected chi connectivity index (χ0v) is 21.5. The van der Waals surface area contributed by atoms with E-state index in [-0.39, 0.29) is 24.3 Å². The number of carbonyl (C=O) groups excluding carboxylic acids is 1. The Bertz CT molecular complexity index is 1500. The average molecular weight is 551 g/mol. The highest BCUT2D eigenvalue weighted by molar-refractivity contribution is 9.10. The van der Waals surface area contributed by atoms with E-state index >= 15 is 0 Å². The molecular formula is C25H19BrN4O2S2. The highest BCUT2D eigenvalue weighted by atomic mass is 79.9. The van der Waals surface area contributed by atoms with E-state index in [1.807, 2.05) is 48.7 Å². The summed E-state index contributed by atoms with van der Waals surface area (Å²) in [4.78, 5) is 18.8. The molecule has 3 aromatic heterocycles. The van der Waals surface area contributed by atoms with E-state index in [1.54, 1.807) is 18.3 Å². The van der Waals surface area contributed by atoms with Crippen LogP contribution in [0.5, 0.6) is 0 Å². The van der Waals surface area contributed by atoms with Gasteiger partial charge in [-0.15, -0.1) is 22.7 Å². The molecule has 1 aliphatic rings. The minimum Gasteiger partial charge on any atom is -0.463 e. The van der Waals surface area contributed by atoms with Crippen molar-refractivity contribution in [2.45, 2.75) is 19.8 Å². The fourth-order valence-corrected chi connectivity index (χ4v) is 6.73. The maximum absolute atomic E-state index is 13.1. The predicted octanol–water partition coefficient (Wildman–Crippen LogP) is 6.64. The zero-order chi connectivity index (χ0) is 24.0. The number of anilines is 2. The number of rotatable bonds is 4. The van der Waals surface area contributed by atoms with Gasteiger partial charge in [-0.25, -0.2) is 9.78 Å². The lowest BCUT2D eigenvalue weighted by molar-refractivity contribution is -0.138. The number of nitrogens with zero attached hydrogens (tertiary/aromatic N) is 2. The fraction of sp³-hybridized carbons (Fsp3) is 0.160. The number of nitrogens with one attached hydrogen (secondary N) is 1. The first-order valence-corrected chi connectivity index (χ1v) is 13.0. The monoisotopic (exact) mass is 550 g/mol. The molecule has 0 spiro atoms. The summed E-state index contributed by atoms with van der Waals surface area (Å²) < 4.78 is 7.22. The molecule has 0 saturated heterocycles. The van der Waals surface area contributed by atoms with Gasteiger partial charge in [0.2, 0.25) is 0 Å². The molecule has 0 amide bonds. The number of hydrogen-bond donors (Lipinski definition) is 2. The van der Waals surface area contributed by atoms with Crippen LogP contribution in [0.25, 0.3) is 21.3 Å². The lowest BCUT2D eigenvalue weighted by Crippen LogP contribution is -2.23. The Morgan fingerprint density at radius 3 is 2.74 bits per heavy atom. The van der Waals surface area contributed by atoms with E-state index in [0.717, 1.165) is 41.4 Å². The lowest BCUT2D eigenvalue weighted by atomic mass is 9.86. The third kappa shape index (κ3) is 3.59. The van der Waals surface area contributed by atoms with Crippen LogP contribution in [0.4, 0.5) is 10.8 Å². The highest BCUT2D eigenvalue weighted by Crippen LogP contribution is 2.52. The Hall–Kier alpha value is -3.19. The number of carbonyl (C=O) groups is 1. The number of nitrogens with two attached hydrogens (primary N) is 1. The molecule has 9 heteroatoms. The van der Waals surface area contributed by atoms with Gasteiger partial charge in [-0.3, -0.25) is 0 Å². The molecule has 1 aromatic carbocycles. The van der Waals surface area contributed by atoms with Crippen molar-refractivity contribution < 1.29 is 9.53 Å². The maximum atomic E-state index is 13.1. The number of allylic oxidation sites excluding steroid dienone is 1. The minimum atomic E-state index is -0.356. The first-order valence-electron chi connectivity index (χ1n) is 10.5. The van der Waals surface area contributed by atoms with E-state index in [9.17, 15) is 10.1 Å². The number of aromatic nitrogens is 1. The molecule has 170 valence electrons. The van der Waals surface area contributed by atoms with E-state index in [4.69, 9.17) is 15.5 Å². The van der Waals surface area contributed by atoms with E-state index in [2.05, 4.69) is 27.3 Å². The Morgan fingerprint density at radius 1 is 1.32 bits per heavy atom. The quantitative estimate of drug-likeness (QED) is 0.276. The average Bonchev–Trinajstić information content (AvgIpc) is 3.46. The number of ether oxygens (including phenoxy) is 1. The number of pyridine rings is 1. The number of nitrogen functional groups attached to an aromatic ring is 1. The lowest BCUT2D eigenvalue weighted by Gasteiger charge is -2.27. The number of benzene rings is 1. The van der Waals surface area contributed by atoms with Crippen LogP contribution < -0.4 is 11.1 Å². The van der Waals surface area contributed by atoms with E-state index in [0.29, 0.717) is 16.7 Å². The van der Waals surface area contributed by atoms with Gasteiger partial charge in [0.15, 0.2) is 0 Å². The van der Waals surface area contributed by atoms with Crippen LogP contribution in [0.2, 0.25) is 0 Å². The van der Waals surface area contributed by atoms with Crippen molar-refractivity contribution >= 4 is 65.6 Å². The van der Waals surface area contributed by atoms with Crippen molar-refractivity contribution in [2.75, 3.05) is 17.7 Å². The van der Waals surface area contributed by atoms with Crippen LogP contribution in [0.3, 0.4) is 0 Å². The number of thiophene rings is 2. The highest BCUT2D eigenvalue weighted by Gasteiger charge is 2.38. The zero-order valence-electron chi connectivity index (χ0n) is 18.3. The second kappa shape index (κ2) is 8.87. The van der Waals surface area contributed by atoms with Crippen LogP contribution >= 0.6 is 38.6 Å². The summed E-state index contributed by atoms with van der Waals surface area (Å²) in [5.74, 6) is -0.533. The Labute approximate surface area is 212 Å². The molecule has 0 saturated carbocycles. The normalized spacial score (nSPS) is 15.1. The number of nitriles is 1. The van der Waals surface area contributed by atoms with Crippen molar-refractivity contribution in [2.24, 2.45) is 0 Å². The second-order valence-electron chi connectivity index (χ2n) is 7.72. The van der Waals surface area contributed by atoms with Gasteiger partial charge in [0.05, 0.1) is 33.3 Å². The summed E-state index contributed by atoms with van der Waals surface area (Å²) in [6, 6.07) is 14.0. The number of fused-ring (bicyclic) bond motifs is 3. The van der Waals surface area contributed by atoms with Gasteiger partial charge in [-0.2, -0.15) is 5.26 Å². The molecule has 0 radical (unpaired) electrons. The molecule has 1 unspecified atom stereocenters. The third-order valence-electron chi connectivity index (χ3n) is 5.73. The first-order chi connectivity index (χ1) is 16.4. The number of hydrogen-bond acceptors (Lipinski definition) is 8. The van der Waals surface area contributed by atoms with Gasteiger partial charge < -0.3 is 15.8 Å². The van der Waals surface area contributed by atoms with Gasteiger partial charge in [0, 0.05) is 26.2 Å². The second-order valence-corrected chi connectivity index (χ2v) is 10.6. The van der Waals surface area contributed by atoms with Crippen molar-refractivity contribution in [3.05, 3.63) is 73.5 Å². The van der Waals surface area contributed by atoms with Crippen LogP contribution in [0.15, 0.2) is 57.5 Å². The molecule has 0 fully saturated rings. The summed E-state index contributed by atoms with van der Waals surface area (Å²) in [5, 5.41) is 16.2. The van der Waals surface area contributed by atoms with Crippen LogP contribution in [0.1, 0.15) is 35.8 Å². The number of esters is 1. The van der Waals surface area contributed by atoms with Gasteiger partial charge in [-0.1, -0.05) is 34.1 Å². The Morgan fingerprint density at radius 2 is 2.09 bits per heavy atom. The van der Waals surface area contributed by atoms with Crippen LogP contribution in [-0.4, -0.2) is 17.6 Å². The van der Waals surface area contributed by atoms with Crippen molar-refractivity contribution in [1.82, 2.24) is 4.98 Å². The molecular weight excluding hydrogens is 532 g/mol. The first kappa shape index (κ1) is 22.6. The third-order valence-corrected chi connectivity index (χ3v) is 8.33. The topological polar surface area (TPSA) is 101 Å². The Balaban J connectivity index is 1.84. The number of halogens is 1. The van der Waals surface area contributed by atoms with Gasteiger partial charge in [-0.05, 0) is 43.0 Å². The fourth-order valence-electron chi connectivity index (χ4n) is 4.32. The largest absolute Gasteiger partial charge is 0.463 e. The van der Waals surface area contributed by atoms with Crippen molar-refractivity contribution in [1.29, 1.82) is 5.26 Å². The summed E-state index contributed by atoms with van der Waals surface area (Å²) in [5.41, 5.74) is 11.2. The summed E-state index contributed by atoms with van der Waals surface area (Å²) in [6.07, 6.45) is 0. The standard InChI is InChI=1S/C25H19BrN4O2S2/c1-3-32-25(31)17-12(2)29-24-20(19(17)16-5-4-10-33-16)21-22(34-24)18(15(11-27)23(28)30-21)13-6-8-14(26)9-7-13/h4-10,19,29H,3H2,1-2H3,(H2,28,30). The van der Waals surface area contributed by atoms with Gasteiger partial charge in [0.25, 0.3) is 0 Å². The molecule has 4 aromatic rings. The van der Waals surface area contributed by atoms with Crippen LogP contribution in [-0.2, 0) is 9.53 Å². The van der Waals surface area contributed by atoms with Crippen molar-refractivity contribution in [3.63, 3.8) is 0 Å². The maximum Gasteiger partial charge on any atom is 0.336 e. The Kier molecular flexibility index (Phi) is 5.90. The van der Waals surface area contributed by atoms with Gasteiger partial charge >= 0.3 is 5.97 Å². The smallest absolute Gasteiger partial charge is 0.336 e. The summed E-state index contributed by atoms with van der Waals surface area (Å²) in [6.45, 7) is 3.97. The van der Waals surface area contributed by atoms with Gasteiger partial charge in [0.1, 0.15) is 17.5 Å². The summed E-state index contributed by atoms with van der Waals surface area (Å²) in [7, 11) is 0. The summed E-state index contributed by atoms with van der Waals surface area (Å²) >= 11 is 6.58. The molecule has 0 bridgehead atoms. The predicted molar refractivity (Wildman–Crippen MR) is 141 cm³/mol. The minimum absolute atomic E-state index is 0.169. The molecule has 3 N–H and O–H groups in total. The SMILES string of the molecule is CCOC(=O)C1=C(C)Nc2sc3c(-c4ccc(Br)cc4)c(C#N)c(N)nc3c2C1c1cccs1. The van der Waals surface area contributed by atoms with E-state index in [1.165, 1.54) is 11.3 Å². The molecule has 1 atom stereocenters. The molecule has 6 nitrogen and oxygen atoms in total. The van der Waals surface area contributed by atoms with Crippen LogP contribution in [0, 0.1) is 11.3 Å². The molecule has 5 rings (SSSR count). The van der Waals surface area contributed by atoms with E-state index < -0.39 is 0 Å². The molecule has 0 aliphatic carbocycles. The molecule has 1 aliphatic heterocycles.